The molecule has 0 saturated carbocycles. The van der Waals surface area contributed by atoms with Crippen LogP contribution in [0, 0.1) is 10.8 Å². The predicted octanol–water partition coefficient (Wildman–Crippen LogP) is 4.69. The number of Topliss-reactive ketones (excluding diaryl/α,β-unsaturated/α-hetero) is 1. The Hall–Kier alpha value is -1.93. The van der Waals surface area contributed by atoms with Crippen LogP contribution in [0.4, 0.5) is 0 Å². The van der Waals surface area contributed by atoms with Gasteiger partial charge in [0.25, 0.3) is 0 Å². The van der Waals surface area contributed by atoms with Gasteiger partial charge >= 0.3 is 0 Å². The van der Waals surface area contributed by atoms with Crippen LogP contribution in [0.2, 0.25) is 0 Å². The molecule has 120 valence electrons. The van der Waals surface area contributed by atoms with Crippen LogP contribution in [0.1, 0.15) is 50.9 Å². The van der Waals surface area contributed by atoms with E-state index in [0.29, 0.717) is 5.78 Å². The van der Waals surface area contributed by atoms with Crippen molar-refractivity contribution in [2.45, 2.75) is 39.8 Å². The highest BCUT2D eigenvalue weighted by molar-refractivity contribution is 5.91. The molecule has 0 amide bonds. The number of benzene rings is 2. The molecule has 1 aliphatic heterocycles. The Bertz CT molecular complexity index is 629. The lowest BCUT2D eigenvalue weighted by molar-refractivity contribution is -0.144. The van der Waals surface area contributed by atoms with Crippen molar-refractivity contribution in [3.05, 3.63) is 71.8 Å². The van der Waals surface area contributed by atoms with Crippen LogP contribution in [0.5, 0.6) is 0 Å². The molecule has 0 bridgehead atoms. The van der Waals surface area contributed by atoms with Crippen LogP contribution >= 0.6 is 0 Å². The fourth-order valence-electron chi connectivity index (χ4n) is 3.99. The average molecular weight is 307 g/mol. The van der Waals surface area contributed by atoms with Crippen molar-refractivity contribution in [3.8, 4) is 0 Å². The molecule has 2 nitrogen and oxygen atoms in total. The summed E-state index contributed by atoms with van der Waals surface area (Å²) in [5.41, 5.74) is 1.44. The maximum Gasteiger partial charge on any atom is 0.147 e. The average Bonchev–Trinajstić information content (AvgIpc) is 2.55. The van der Waals surface area contributed by atoms with Crippen molar-refractivity contribution in [2.24, 2.45) is 10.8 Å². The molecular formula is C21H25NO. The van der Waals surface area contributed by atoms with Crippen molar-refractivity contribution in [3.63, 3.8) is 0 Å². The maximum absolute atomic E-state index is 13.3. The van der Waals surface area contributed by atoms with Crippen LogP contribution < -0.4 is 5.32 Å². The monoisotopic (exact) mass is 307 g/mol. The van der Waals surface area contributed by atoms with Crippen LogP contribution in [0.3, 0.4) is 0 Å². The molecule has 0 radical (unpaired) electrons. The first-order chi connectivity index (χ1) is 10.8. The van der Waals surface area contributed by atoms with E-state index in [1.807, 2.05) is 36.4 Å². The minimum atomic E-state index is -0.448. The second-order valence-electron chi connectivity index (χ2n) is 7.63. The highest BCUT2D eigenvalue weighted by Crippen LogP contribution is 2.50. The standard InChI is InChI=1S/C21H25NO/c1-20(2)17(15-11-7-5-8-12-15)22-18(21(3,4)19(20)23)16-13-9-6-10-14-16/h5-14,17-18,22H,1-4H3/t17-,18?/m1/s1. The van der Waals surface area contributed by atoms with E-state index in [9.17, 15) is 4.79 Å². The van der Waals surface area contributed by atoms with E-state index in [1.165, 1.54) is 11.1 Å². The zero-order chi connectivity index (χ0) is 16.7. The Kier molecular flexibility index (Phi) is 3.89. The quantitative estimate of drug-likeness (QED) is 0.871. The molecule has 1 heterocycles. The molecule has 1 fully saturated rings. The summed E-state index contributed by atoms with van der Waals surface area (Å²) in [6, 6.07) is 20.6. The minimum absolute atomic E-state index is 0.00873. The number of ketones is 1. The summed E-state index contributed by atoms with van der Waals surface area (Å²) < 4.78 is 0. The largest absolute Gasteiger partial charge is 0.301 e. The highest BCUT2D eigenvalue weighted by Gasteiger charge is 2.53. The number of carbonyl (C=O) groups is 1. The fraction of sp³-hybridized carbons (Fsp3) is 0.381. The highest BCUT2D eigenvalue weighted by atomic mass is 16.1. The first-order valence-corrected chi connectivity index (χ1v) is 8.26. The predicted molar refractivity (Wildman–Crippen MR) is 94.1 cm³/mol. The van der Waals surface area contributed by atoms with Crippen molar-refractivity contribution in [1.82, 2.24) is 5.32 Å². The number of hydrogen-bond donors (Lipinski definition) is 1. The fourth-order valence-corrected chi connectivity index (χ4v) is 3.99. The van der Waals surface area contributed by atoms with Gasteiger partial charge in [-0.3, -0.25) is 4.79 Å². The molecule has 2 heteroatoms. The summed E-state index contributed by atoms with van der Waals surface area (Å²) in [4.78, 5) is 13.3. The number of piperidine rings is 1. The van der Waals surface area contributed by atoms with Gasteiger partial charge in [0, 0.05) is 22.9 Å². The minimum Gasteiger partial charge on any atom is -0.301 e. The molecule has 3 rings (SSSR count). The Balaban J connectivity index is 2.07. The second-order valence-corrected chi connectivity index (χ2v) is 7.63. The first kappa shape index (κ1) is 15.9. The van der Waals surface area contributed by atoms with Gasteiger partial charge in [0.1, 0.15) is 5.78 Å². The molecule has 1 N–H and O–H groups in total. The number of nitrogens with one attached hydrogen (secondary N) is 1. The zero-order valence-corrected chi connectivity index (χ0v) is 14.3. The van der Waals surface area contributed by atoms with Crippen molar-refractivity contribution in [1.29, 1.82) is 0 Å². The second kappa shape index (κ2) is 5.61. The van der Waals surface area contributed by atoms with Gasteiger partial charge < -0.3 is 5.32 Å². The van der Waals surface area contributed by atoms with E-state index in [2.05, 4.69) is 57.3 Å². The third-order valence-corrected chi connectivity index (χ3v) is 5.21. The Morgan fingerprint density at radius 1 is 0.696 bits per heavy atom. The van der Waals surface area contributed by atoms with E-state index < -0.39 is 10.8 Å². The summed E-state index contributed by atoms with van der Waals surface area (Å²) in [5, 5.41) is 3.78. The van der Waals surface area contributed by atoms with Gasteiger partial charge in [0.05, 0.1) is 0 Å². The summed E-state index contributed by atoms with van der Waals surface area (Å²) in [6.45, 7) is 8.23. The van der Waals surface area contributed by atoms with Crippen LogP contribution in [0.25, 0.3) is 0 Å². The van der Waals surface area contributed by atoms with E-state index in [4.69, 9.17) is 0 Å². The number of rotatable bonds is 2. The van der Waals surface area contributed by atoms with E-state index in [0.717, 1.165) is 0 Å². The van der Waals surface area contributed by atoms with Gasteiger partial charge in [-0.15, -0.1) is 0 Å². The number of hydrogen-bond acceptors (Lipinski definition) is 2. The molecule has 2 aromatic rings. The molecule has 0 aromatic heterocycles. The third kappa shape index (κ3) is 2.61. The van der Waals surface area contributed by atoms with Gasteiger partial charge in [-0.05, 0) is 11.1 Å². The maximum atomic E-state index is 13.3. The molecule has 1 unspecified atom stereocenters. The number of carbonyl (C=O) groups excluding carboxylic acids is 1. The molecule has 2 aromatic carbocycles. The van der Waals surface area contributed by atoms with Crippen LogP contribution in [-0.4, -0.2) is 5.78 Å². The lowest BCUT2D eigenvalue weighted by Gasteiger charge is -2.50. The molecule has 1 saturated heterocycles. The van der Waals surface area contributed by atoms with E-state index in [-0.39, 0.29) is 12.1 Å². The summed E-state index contributed by atoms with van der Waals surface area (Å²) in [5.74, 6) is 0.312. The van der Waals surface area contributed by atoms with Gasteiger partial charge in [-0.2, -0.15) is 0 Å². The summed E-state index contributed by atoms with van der Waals surface area (Å²) >= 11 is 0. The molecule has 23 heavy (non-hydrogen) atoms. The normalized spacial score (nSPS) is 26.0. The topological polar surface area (TPSA) is 29.1 Å². The van der Waals surface area contributed by atoms with Crippen molar-refractivity contribution < 1.29 is 4.79 Å². The van der Waals surface area contributed by atoms with Crippen LogP contribution in [-0.2, 0) is 4.79 Å². The molecular weight excluding hydrogens is 282 g/mol. The Morgan fingerprint density at radius 3 is 1.39 bits per heavy atom. The smallest absolute Gasteiger partial charge is 0.147 e. The molecule has 1 aliphatic rings. The van der Waals surface area contributed by atoms with E-state index >= 15 is 0 Å². The van der Waals surface area contributed by atoms with Gasteiger partial charge in [-0.25, -0.2) is 0 Å². The molecule has 2 atom stereocenters. The van der Waals surface area contributed by atoms with Gasteiger partial charge in [0.15, 0.2) is 0 Å². The van der Waals surface area contributed by atoms with Crippen LogP contribution in [0.15, 0.2) is 60.7 Å². The first-order valence-electron chi connectivity index (χ1n) is 8.26. The van der Waals surface area contributed by atoms with Gasteiger partial charge in [0.2, 0.25) is 0 Å². The van der Waals surface area contributed by atoms with Crippen molar-refractivity contribution >= 4 is 5.78 Å². The van der Waals surface area contributed by atoms with E-state index in [1.54, 1.807) is 0 Å². The summed E-state index contributed by atoms with van der Waals surface area (Å²) in [7, 11) is 0. The molecule has 0 aliphatic carbocycles. The SMILES string of the molecule is CC1(C)C(=O)C(C)(C)[C@@H](c2ccccc2)NC1c1ccccc1. The third-order valence-electron chi connectivity index (χ3n) is 5.21. The molecule has 0 spiro atoms. The van der Waals surface area contributed by atoms with Crippen molar-refractivity contribution in [2.75, 3.05) is 0 Å². The zero-order valence-electron chi connectivity index (χ0n) is 14.3. The summed E-state index contributed by atoms with van der Waals surface area (Å²) in [6.07, 6.45) is 0. The lowest BCUT2D eigenvalue weighted by atomic mass is 9.60. The Morgan fingerprint density at radius 2 is 1.04 bits per heavy atom. The lowest BCUT2D eigenvalue weighted by Crippen LogP contribution is -2.57. The Labute approximate surface area is 138 Å². The van der Waals surface area contributed by atoms with Gasteiger partial charge in [-0.1, -0.05) is 88.4 Å².